The molecule has 3 aromatic rings. The predicted molar refractivity (Wildman–Crippen MR) is 101 cm³/mol. The van der Waals surface area contributed by atoms with E-state index in [1.54, 1.807) is 22.8 Å². The number of methoxy groups -OCH3 is 1. The van der Waals surface area contributed by atoms with Gasteiger partial charge in [0.1, 0.15) is 0 Å². The van der Waals surface area contributed by atoms with Gasteiger partial charge in [-0.1, -0.05) is 12.1 Å². The Labute approximate surface area is 157 Å². The lowest BCUT2D eigenvalue weighted by Crippen LogP contribution is -2.39. The number of likely N-dealkylation sites (tertiary alicyclic amines) is 1. The summed E-state index contributed by atoms with van der Waals surface area (Å²) in [5.74, 6) is -0.0139. The molecule has 1 atom stereocenters. The molecule has 138 valence electrons. The van der Waals surface area contributed by atoms with Crippen molar-refractivity contribution < 1.29 is 14.3 Å². The van der Waals surface area contributed by atoms with Crippen molar-refractivity contribution in [1.29, 1.82) is 0 Å². The number of hydrogen-bond acceptors (Lipinski definition) is 4. The van der Waals surface area contributed by atoms with Gasteiger partial charge < -0.3 is 9.64 Å². The highest BCUT2D eigenvalue weighted by Gasteiger charge is 2.26. The third-order valence-corrected chi connectivity index (χ3v) is 5.16. The Balaban J connectivity index is 1.50. The lowest BCUT2D eigenvalue weighted by molar-refractivity contribution is 0.0600. The predicted octanol–water partition coefficient (Wildman–Crippen LogP) is 3.14. The highest BCUT2D eigenvalue weighted by Crippen LogP contribution is 2.28. The van der Waals surface area contributed by atoms with Crippen LogP contribution in [0, 0.1) is 0 Å². The quantitative estimate of drug-likeness (QED) is 0.671. The first-order chi connectivity index (χ1) is 13.2. The van der Waals surface area contributed by atoms with Crippen molar-refractivity contribution in [2.45, 2.75) is 18.8 Å². The van der Waals surface area contributed by atoms with Crippen LogP contribution in [-0.2, 0) is 4.74 Å². The zero-order chi connectivity index (χ0) is 18.8. The van der Waals surface area contributed by atoms with E-state index in [0.717, 1.165) is 30.5 Å². The molecule has 6 heteroatoms. The van der Waals surface area contributed by atoms with Crippen LogP contribution in [0.3, 0.4) is 0 Å². The SMILES string of the molecule is COC(=O)c1ccc(C2CCCN(C(=O)c3ccn4nccc4c3)C2)cc1. The van der Waals surface area contributed by atoms with Gasteiger partial charge in [-0.05, 0) is 48.7 Å². The third kappa shape index (κ3) is 3.43. The van der Waals surface area contributed by atoms with Crippen molar-refractivity contribution in [1.82, 2.24) is 14.5 Å². The first-order valence-electron chi connectivity index (χ1n) is 9.06. The Bertz CT molecular complexity index is 978. The number of aromatic nitrogens is 2. The summed E-state index contributed by atoms with van der Waals surface area (Å²) in [5, 5.41) is 4.17. The molecule has 1 saturated heterocycles. The summed E-state index contributed by atoms with van der Waals surface area (Å²) in [5.41, 5.74) is 3.28. The summed E-state index contributed by atoms with van der Waals surface area (Å²) in [6.07, 6.45) is 5.53. The van der Waals surface area contributed by atoms with Gasteiger partial charge >= 0.3 is 5.97 Å². The molecule has 1 aromatic carbocycles. The molecule has 1 fully saturated rings. The number of amides is 1. The third-order valence-electron chi connectivity index (χ3n) is 5.16. The van der Waals surface area contributed by atoms with Gasteiger partial charge in [0, 0.05) is 37.0 Å². The van der Waals surface area contributed by atoms with Gasteiger partial charge in [0.05, 0.1) is 18.2 Å². The van der Waals surface area contributed by atoms with Crippen LogP contribution < -0.4 is 0 Å². The summed E-state index contributed by atoms with van der Waals surface area (Å²) >= 11 is 0. The molecule has 0 saturated carbocycles. The number of piperidine rings is 1. The Morgan fingerprint density at radius 2 is 1.93 bits per heavy atom. The van der Waals surface area contributed by atoms with Crippen LogP contribution in [0.25, 0.3) is 5.52 Å². The van der Waals surface area contributed by atoms with Crippen LogP contribution in [-0.4, -0.2) is 46.6 Å². The summed E-state index contributed by atoms with van der Waals surface area (Å²) in [6.45, 7) is 1.45. The zero-order valence-corrected chi connectivity index (χ0v) is 15.2. The van der Waals surface area contributed by atoms with Crippen molar-refractivity contribution in [3.8, 4) is 0 Å². The molecule has 0 spiro atoms. The van der Waals surface area contributed by atoms with Crippen molar-refractivity contribution in [3.63, 3.8) is 0 Å². The maximum absolute atomic E-state index is 13.0. The minimum atomic E-state index is -0.336. The molecule has 3 heterocycles. The lowest BCUT2D eigenvalue weighted by Gasteiger charge is -2.33. The monoisotopic (exact) mass is 363 g/mol. The number of esters is 1. The highest BCUT2D eigenvalue weighted by atomic mass is 16.5. The summed E-state index contributed by atoms with van der Waals surface area (Å²) < 4.78 is 6.49. The maximum Gasteiger partial charge on any atom is 0.337 e. The molecule has 1 aliphatic heterocycles. The molecule has 0 N–H and O–H groups in total. The van der Waals surface area contributed by atoms with E-state index in [2.05, 4.69) is 5.10 Å². The second-order valence-electron chi connectivity index (χ2n) is 6.82. The van der Waals surface area contributed by atoms with E-state index in [4.69, 9.17) is 4.74 Å². The van der Waals surface area contributed by atoms with Gasteiger partial charge in [-0.3, -0.25) is 4.79 Å². The van der Waals surface area contributed by atoms with E-state index in [-0.39, 0.29) is 17.8 Å². The second-order valence-corrected chi connectivity index (χ2v) is 6.82. The first-order valence-corrected chi connectivity index (χ1v) is 9.06. The molecule has 1 amide bonds. The van der Waals surface area contributed by atoms with Crippen LogP contribution in [0.15, 0.2) is 54.9 Å². The van der Waals surface area contributed by atoms with Gasteiger partial charge in [-0.15, -0.1) is 0 Å². The van der Waals surface area contributed by atoms with Crippen LogP contribution >= 0.6 is 0 Å². The van der Waals surface area contributed by atoms with E-state index in [1.807, 2.05) is 41.4 Å². The molecule has 2 aromatic heterocycles. The van der Waals surface area contributed by atoms with Crippen molar-refractivity contribution in [3.05, 3.63) is 71.5 Å². The number of carbonyl (C=O) groups excluding carboxylic acids is 2. The number of rotatable bonds is 3. The number of nitrogens with zero attached hydrogens (tertiary/aromatic N) is 3. The molecule has 6 nitrogen and oxygen atoms in total. The van der Waals surface area contributed by atoms with Gasteiger partial charge in [0.2, 0.25) is 0 Å². The van der Waals surface area contributed by atoms with Crippen molar-refractivity contribution in [2.24, 2.45) is 0 Å². The number of carbonyl (C=O) groups is 2. The summed E-state index contributed by atoms with van der Waals surface area (Å²) in [4.78, 5) is 26.5. The molecule has 1 aliphatic rings. The largest absolute Gasteiger partial charge is 0.465 e. The Kier molecular flexibility index (Phi) is 4.62. The fraction of sp³-hybridized carbons (Fsp3) is 0.286. The number of pyridine rings is 1. The van der Waals surface area contributed by atoms with Crippen molar-refractivity contribution >= 4 is 17.4 Å². The number of benzene rings is 1. The smallest absolute Gasteiger partial charge is 0.337 e. The molecule has 0 bridgehead atoms. The number of ether oxygens (including phenoxy) is 1. The normalized spacial score (nSPS) is 17.1. The minimum Gasteiger partial charge on any atom is -0.465 e. The molecular weight excluding hydrogens is 342 g/mol. The lowest BCUT2D eigenvalue weighted by atomic mass is 9.90. The van der Waals surface area contributed by atoms with Gasteiger partial charge in [-0.2, -0.15) is 5.10 Å². The average molecular weight is 363 g/mol. The fourth-order valence-electron chi connectivity index (χ4n) is 3.68. The van der Waals surface area contributed by atoms with E-state index in [1.165, 1.54) is 7.11 Å². The standard InChI is InChI=1S/C21H21N3O3/c1-27-21(26)16-6-4-15(5-7-16)18-3-2-11-23(14-18)20(25)17-9-12-24-19(13-17)8-10-22-24/h4-10,12-13,18H,2-3,11,14H2,1H3. The van der Waals surface area contributed by atoms with Crippen molar-refractivity contribution in [2.75, 3.05) is 20.2 Å². The molecular formula is C21H21N3O3. The van der Waals surface area contributed by atoms with E-state index in [0.29, 0.717) is 17.7 Å². The van der Waals surface area contributed by atoms with Gasteiger partial charge in [0.25, 0.3) is 5.91 Å². The molecule has 0 radical (unpaired) electrons. The Morgan fingerprint density at radius 3 is 2.70 bits per heavy atom. The first kappa shape index (κ1) is 17.3. The van der Waals surface area contributed by atoms with Gasteiger partial charge in [-0.25, -0.2) is 9.31 Å². The van der Waals surface area contributed by atoms with E-state index in [9.17, 15) is 9.59 Å². The molecule has 4 rings (SSSR count). The maximum atomic E-state index is 13.0. The molecule has 1 unspecified atom stereocenters. The van der Waals surface area contributed by atoms with Crippen LogP contribution in [0.1, 0.15) is 45.0 Å². The van der Waals surface area contributed by atoms with Crippen LogP contribution in [0.4, 0.5) is 0 Å². The molecule has 0 aliphatic carbocycles. The zero-order valence-electron chi connectivity index (χ0n) is 15.2. The van der Waals surface area contributed by atoms with E-state index >= 15 is 0 Å². The van der Waals surface area contributed by atoms with Gasteiger partial charge in [0.15, 0.2) is 0 Å². The van der Waals surface area contributed by atoms with E-state index < -0.39 is 0 Å². The summed E-state index contributed by atoms with van der Waals surface area (Å²) in [6, 6.07) is 13.1. The minimum absolute atomic E-state index is 0.0505. The second kappa shape index (κ2) is 7.23. The number of fused-ring (bicyclic) bond motifs is 1. The summed E-state index contributed by atoms with van der Waals surface area (Å²) in [7, 11) is 1.38. The average Bonchev–Trinajstić information content (AvgIpc) is 3.20. The highest BCUT2D eigenvalue weighted by molar-refractivity contribution is 5.95. The van der Waals surface area contributed by atoms with Crippen LogP contribution in [0.2, 0.25) is 0 Å². The van der Waals surface area contributed by atoms with Crippen LogP contribution in [0.5, 0.6) is 0 Å². The fourth-order valence-corrected chi connectivity index (χ4v) is 3.68. The molecule has 27 heavy (non-hydrogen) atoms. The Morgan fingerprint density at radius 1 is 1.11 bits per heavy atom. The Hall–Kier alpha value is -3.15. The number of hydrogen-bond donors (Lipinski definition) is 0. The topological polar surface area (TPSA) is 63.9 Å².